The fourth-order valence-corrected chi connectivity index (χ4v) is 2.01. The van der Waals surface area contributed by atoms with Gasteiger partial charge in [0.15, 0.2) is 5.82 Å². The van der Waals surface area contributed by atoms with Gasteiger partial charge in [0.25, 0.3) is 0 Å². The van der Waals surface area contributed by atoms with Crippen LogP contribution in [0.2, 0.25) is 0 Å². The molecule has 18 heavy (non-hydrogen) atoms. The number of nitrogens with zero attached hydrogens (tertiary/aromatic N) is 4. The first kappa shape index (κ1) is 13.2. The van der Waals surface area contributed by atoms with Crippen molar-refractivity contribution in [2.75, 3.05) is 39.8 Å². The van der Waals surface area contributed by atoms with E-state index < -0.39 is 0 Å². The maximum atomic E-state index is 10.9. The molecular formula is C12H20N4O2. The Kier molecular flexibility index (Phi) is 4.43. The van der Waals surface area contributed by atoms with Crippen LogP contribution in [-0.4, -0.2) is 65.5 Å². The summed E-state index contributed by atoms with van der Waals surface area (Å²) in [5.41, 5.74) is 0. The topological polar surface area (TPSA) is 62.5 Å². The number of carbonyl (C=O) groups is 1. The summed E-state index contributed by atoms with van der Waals surface area (Å²) in [6.45, 7) is 6.88. The summed E-state index contributed by atoms with van der Waals surface area (Å²) >= 11 is 0. The van der Waals surface area contributed by atoms with Crippen molar-refractivity contribution < 1.29 is 9.32 Å². The molecular weight excluding hydrogens is 232 g/mol. The first-order valence-corrected chi connectivity index (χ1v) is 6.35. The van der Waals surface area contributed by atoms with Gasteiger partial charge in [-0.1, -0.05) is 5.16 Å². The molecule has 1 saturated heterocycles. The largest absolute Gasteiger partial charge is 0.339 e. The van der Waals surface area contributed by atoms with E-state index in [9.17, 15) is 4.79 Å². The molecule has 0 unspecified atom stereocenters. The summed E-state index contributed by atoms with van der Waals surface area (Å²) in [5.74, 6) is 1.17. The highest BCUT2D eigenvalue weighted by Gasteiger charge is 2.15. The van der Waals surface area contributed by atoms with Crippen LogP contribution in [0.5, 0.6) is 0 Å². The lowest BCUT2D eigenvalue weighted by Gasteiger charge is -2.31. The van der Waals surface area contributed by atoms with E-state index in [2.05, 4.69) is 27.0 Å². The Bertz CT molecular complexity index is 397. The van der Waals surface area contributed by atoms with Crippen molar-refractivity contribution in [3.8, 4) is 0 Å². The van der Waals surface area contributed by atoms with Crippen molar-refractivity contribution in [1.82, 2.24) is 19.9 Å². The predicted octanol–water partition coefficient (Wildman–Crippen LogP) is -0.00900. The van der Waals surface area contributed by atoms with Crippen LogP contribution < -0.4 is 0 Å². The number of carbonyl (C=O) groups excluding carboxylic acids is 1. The molecule has 0 bridgehead atoms. The van der Waals surface area contributed by atoms with Gasteiger partial charge in [-0.25, -0.2) is 0 Å². The van der Waals surface area contributed by atoms with Gasteiger partial charge < -0.3 is 14.3 Å². The Balaban J connectivity index is 1.76. The van der Waals surface area contributed by atoms with Gasteiger partial charge in [-0.15, -0.1) is 0 Å². The summed E-state index contributed by atoms with van der Waals surface area (Å²) < 4.78 is 5.02. The fraction of sp³-hybridized carbons (Fsp3) is 0.750. The van der Waals surface area contributed by atoms with Crippen molar-refractivity contribution in [2.45, 2.75) is 19.8 Å². The molecule has 0 amide bonds. The Morgan fingerprint density at radius 1 is 1.33 bits per heavy atom. The van der Waals surface area contributed by atoms with Crippen LogP contribution in [0.1, 0.15) is 18.6 Å². The molecule has 1 aromatic rings. The molecule has 6 nitrogen and oxygen atoms in total. The average molecular weight is 252 g/mol. The second-order valence-corrected chi connectivity index (χ2v) is 4.88. The monoisotopic (exact) mass is 252 g/mol. The summed E-state index contributed by atoms with van der Waals surface area (Å²) in [7, 11) is 2.14. The molecule has 0 saturated carbocycles. The molecule has 0 radical (unpaired) electrons. The van der Waals surface area contributed by atoms with Crippen LogP contribution in [0.4, 0.5) is 0 Å². The predicted molar refractivity (Wildman–Crippen MR) is 66.3 cm³/mol. The lowest BCUT2D eigenvalue weighted by atomic mass is 10.3. The Morgan fingerprint density at radius 2 is 2.06 bits per heavy atom. The van der Waals surface area contributed by atoms with E-state index in [1.54, 1.807) is 0 Å². The lowest BCUT2D eigenvalue weighted by Crippen LogP contribution is -2.45. The molecule has 0 spiro atoms. The molecule has 0 aliphatic carbocycles. The molecule has 0 atom stereocenters. The fourth-order valence-electron chi connectivity index (χ4n) is 2.01. The highest BCUT2D eigenvalue weighted by molar-refractivity contribution is 5.77. The summed E-state index contributed by atoms with van der Waals surface area (Å²) in [6.07, 6.45) is 1.02. The lowest BCUT2D eigenvalue weighted by molar-refractivity contribution is -0.116. The molecule has 1 fully saturated rings. The number of rotatable bonds is 5. The average Bonchev–Trinajstić information content (AvgIpc) is 2.75. The molecule has 0 aromatic carbocycles. The third-order valence-electron chi connectivity index (χ3n) is 3.16. The van der Waals surface area contributed by atoms with Crippen LogP contribution >= 0.6 is 0 Å². The summed E-state index contributed by atoms with van der Waals surface area (Å²) in [6, 6.07) is 0. The smallest absolute Gasteiger partial charge is 0.234 e. The molecule has 100 valence electrons. The van der Waals surface area contributed by atoms with E-state index in [-0.39, 0.29) is 12.2 Å². The highest BCUT2D eigenvalue weighted by Crippen LogP contribution is 2.03. The zero-order valence-corrected chi connectivity index (χ0v) is 11.1. The van der Waals surface area contributed by atoms with Gasteiger partial charge in [-0.05, 0) is 14.0 Å². The molecule has 2 rings (SSSR count). The number of Topliss-reactive ketones (excluding diaryl/α,β-unsaturated/α-hetero) is 1. The van der Waals surface area contributed by atoms with Gasteiger partial charge in [-0.2, -0.15) is 4.98 Å². The van der Waals surface area contributed by atoms with Crippen LogP contribution in [0.3, 0.4) is 0 Å². The van der Waals surface area contributed by atoms with Gasteiger partial charge in [0.05, 0.1) is 6.42 Å². The quantitative estimate of drug-likeness (QED) is 0.734. The minimum atomic E-state index is 0.0456. The first-order valence-electron chi connectivity index (χ1n) is 6.35. The van der Waals surface area contributed by atoms with E-state index >= 15 is 0 Å². The van der Waals surface area contributed by atoms with E-state index in [1.165, 1.54) is 6.92 Å². The van der Waals surface area contributed by atoms with Crippen molar-refractivity contribution in [2.24, 2.45) is 0 Å². The van der Waals surface area contributed by atoms with Crippen molar-refractivity contribution >= 4 is 5.78 Å². The minimum Gasteiger partial charge on any atom is -0.339 e. The molecule has 1 aliphatic rings. The number of piperazine rings is 1. The molecule has 1 aromatic heterocycles. The Hall–Kier alpha value is -1.27. The van der Waals surface area contributed by atoms with Gasteiger partial charge >= 0.3 is 0 Å². The summed E-state index contributed by atoms with van der Waals surface area (Å²) in [5, 5.41) is 3.89. The zero-order chi connectivity index (χ0) is 13.0. The second kappa shape index (κ2) is 6.06. The van der Waals surface area contributed by atoms with E-state index in [0.717, 1.165) is 39.1 Å². The number of hydrogen-bond donors (Lipinski definition) is 0. The molecule has 2 heterocycles. The second-order valence-electron chi connectivity index (χ2n) is 4.88. The van der Waals surface area contributed by atoms with Gasteiger partial charge in [-0.3, -0.25) is 4.79 Å². The third-order valence-corrected chi connectivity index (χ3v) is 3.16. The standard InChI is InChI=1S/C12H20N4O2/c1-10(17)9-12-13-11(14-18-12)3-4-16-7-5-15(2)6-8-16/h3-9H2,1-2H3. The number of ketones is 1. The van der Waals surface area contributed by atoms with E-state index in [4.69, 9.17) is 4.52 Å². The maximum absolute atomic E-state index is 10.9. The highest BCUT2D eigenvalue weighted by atomic mass is 16.5. The molecule has 6 heteroatoms. The molecule has 0 N–H and O–H groups in total. The molecule has 1 aliphatic heterocycles. The van der Waals surface area contributed by atoms with E-state index in [0.29, 0.717) is 11.7 Å². The Labute approximate surface area is 107 Å². The van der Waals surface area contributed by atoms with Crippen LogP contribution in [0.25, 0.3) is 0 Å². The third kappa shape index (κ3) is 3.89. The summed E-state index contributed by atoms with van der Waals surface area (Å²) in [4.78, 5) is 19.9. The van der Waals surface area contributed by atoms with Gasteiger partial charge in [0.2, 0.25) is 5.89 Å². The van der Waals surface area contributed by atoms with Crippen LogP contribution in [0.15, 0.2) is 4.52 Å². The van der Waals surface area contributed by atoms with Gasteiger partial charge in [0.1, 0.15) is 5.78 Å². The van der Waals surface area contributed by atoms with Crippen molar-refractivity contribution in [3.63, 3.8) is 0 Å². The maximum Gasteiger partial charge on any atom is 0.234 e. The van der Waals surface area contributed by atoms with E-state index in [1.807, 2.05) is 0 Å². The first-order chi connectivity index (χ1) is 8.63. The van der Waals surface area contributed by atoms with Gasteiger partial charge in [0, 0.05) is 39.1 Å². The normalized spacial score (nSPS) is 18.1. The minimum absolute atomic E-state index is 0.0456. The van der Waals surface area contributed by atoms with Crippen molar-refractivity contribution in [1.29, 1.82) is 0 Å². The number of likely N-dealkylation sites (N-methyl/N-ethyl adjacent to an activating group) is 1. The van der Waals surface area contributed by atoms with Crippen molar-refractivity contribution in [3.05, 3.63) is 11.7 Å². The number of aromatic nitrogens is 2. The van der Waals surface area contributed by atoms with Crippen LogP contribution in [0, 0.1) is 0 Å². The Morgan fingerprint density at radius 3 is 2.72 bits per heavy atom. The SMILES string of the molecule is CC(=O)Cc1nc(CCN2CCN(C)CC2)no1. The zero-order valence-electron chi connectivity index (χ0n) is 11.1. The van der Waals surface area contributed by atoms with Crippen LogP contribution in [-0.2, 0) is 17.6 Å². The number of hydrogen-bond acceptors (Lipinski definition) is 6.